The second kappa shape index (κ2) is 4.80. The molecule has 1 fully saturated rings. The predicted molar refractivity (Wildman–Crippen MR) is 71.8 cm³/mol. The summed E-state index contributed by atoms with van der Waals surface area (Å²) in [6.45, 7) is 2.25. The molecule has 1 heterocycles. The van der Waals surface area contributed by atoms with Gasteiger partial charge >= 0.3 is 0 Å². The van der Waals surface area contributed by atoms with Gasteiger partial charge in [-0.2, -0.15) is 15.0 Å². The third-order valence-electron chi connectivity index (χ3n) is 3.50. The van der Waals surface area contributed by atoms with Crippen molar-refractivity contribution in [2.75, 3.05) is 5.32 Å². The van der Waals surface area contributed by atoms with Gasteiger partial charge < -0.3 is 5.32 Å². The van der Waals surface area contributed by atoms with Crippen LogP contribution in [0, 0.1) is 5.92 Å². The Labute approximate surface area is 107 Å². The maximum Gasteiger partial charge on any atom is 0.0858 e. The smallest absolute Gasteiger partial charge is 0.0858 e. The Morgan fingerprint density at radius 1 is 1.22 bits per heavy atom. The molecule has 4 nitrogen and oxygen atoms in total. The van der Waals surface area contributed by atoms with Crippen molar-refractivity contribution in [3.8, 4) is 5.69 Å². The molecular formula is C14H18N4. The van der Waals surface area contributed by atoms with Crippen molar-refractivity contribution in [1.29, 1.82) is 0 Å². The Balaban J connectivity index is 1.70. The Bertz CT molecular complexity index is 485. The molecular weight excluding hydrogens is 224 g/mol. The molecule has 0 radical (unpaired) electrons. The van der Waals surface area contributed by atoms with E-state index in [0.717, 1.165) is 11.6 Å². The fraction of sp³-hybridized carbons (Fsp3) is 0.429. The van der Waals surface area contributed by atoms with Crippen LogP contribution >= 0.6 is 0 Å². The van der Waals surface area contributed by atoms with Gasteiger partial charge in [-0.15, -0.1) is 0 Å². The van der Waals surface area contributed by atoms with Gasteiger partial charge in [-0.1, -0.05) is 6.92 Å². The van der Waals surface area contributed by atoms with E-state index in [0.29, 0.717) is 6.04 Å². The van der Waals surface area contributed by atoms with Crippen LogP contribution in [0.1, 0.15) is 26.2 Å². The van der Waals surface area contributed by atoms with Gasteiger partial charge in [0.25, 0.3) is 0 Å². The number of nitrogens with one attached hydrogen (secondary N) is 1. The molecule has 94 valence electrons. The third kappa shape index (κ3) is 2.37. The lowest BCUT2D eigenvalue weighted by Gasteiger charge is -2.17. The van der Waals surface area contributed by atoms with Crippen molar-refractivity contribution < 1.29 is 0 Å². The minimum Gasteiger partial charge on any atom is -0.382 e. The van der Waals surface area contributed by atoms with E-state index < -0.39 is 0 Å². The van der Waals surface area contributed by atoms with E-state index in [1.165, 1.54) is 24.9 Å². The van der Waals surface area contributed by atoms with Gasteiger partial charge in [0, 0.05) is 11.7 Å². The molecule has 4 heteroatoms. The molecule has 1 N–H and O–H groups in total. The van der Waals surface area contributed by atoms with Crippen molar-refractivity contribution in [1.82, 2.24) is 15.0 Å². The minimum atomic E-state index is 0.624. The largest absolute Gasteiger partial charge is 0.382 e. The predicted octanol–water partition coefficient (Wildman–Crippen LogP) is 2.87. The van der Waals surface area contributed by atoms with Crippen molar-refractivity contribution >= 4 is 5.69 Å². The van der Waals surface area contributed by atoms with Crippen molar-refractivity contribution in [2.24, 2.45) is 5.92 Å². The highest BCUT2D eigenvalue weighted by atomic mass is 15.5. The van der Waals surface area contributed by atoms with Gasteiger partial charge in [-0.25, -0.2) is 0 Å². The van der Waals surface area contributed by atoms with E-state index in [1.54, 1.807) is 17.2 Å². The molecule has 0 saturated heterocycles. The second-order valence-corrected chi connectivity index (χ2v) is 4.86. The summed E-state index contributed by atoms with van der Waals surface area (Å²) in [5, 5.41) is 11.8. The summed E-state index contributed by atoms with van der Waals surface area (Å²) in [6.07, 6.45) is 7.31. The number of benzene rings is 1. The molecule has 0 aliphatic heterocycles. The summed E-state index contributed by atoms with van der Waals surface area (Å²) in [5.74, 6) is 0.877. The number of aromatic nitrogens is 3. The number of hydrogen-bond donors (Lipinski definition) is 1. The lowest BCUT2D eigenvalue weighted by atomic mass is 10.1. The molecule has 0 bridgehead atoms. The fourth-order valence-corrected chi connectivity index (χ4v) is 2.31. The van der Waals surface area contributed by atoms with Gasteiger partial charge in [0.1, 0.15) is 0 Å². The topological polar surface area (TPSA) is 42.7 Å². The number of anilines is 1. The molecule has 1 saturated carbocycles. The van der Waals surface area contributed by atoms with Gasteiger partial charge in [0.05, 0.1) is 18.1 Å². The van der Waals surface area contributed by atoms with Crippen LogP contribution in [-0.2, 0) is 0 Å². The van der Waals surface area contributed by atoms with E-state index in [9.17, 15) is 0 Å². The highest BCUT2D eigenvalue weighted by molar-refractivity contribution is 5.49. The second-order valence-electron chi connectivity index (χ2n) is 4.86. The van der Waals surface area contributed by atoms with Crippen LogP contribution in [0.3, 0.4) is 0 Å². The lowest BCUT2D eigenvalue weighted by molar-refractivity contribution is 0.616. The van der Waals surface area contributed by atoms with Crippen molar-refractivity contribution in [3.63, 3.8) is 0 Å². The maximum absolute atomic E-state index is 4.12. The molecule has 3 rings (SSSR count). The van der Waals surface area contributed by atoms with E-state index in [4.69, 9.17) is 0 Å². The summed E-state index contributed by atoms with van der Waals surface area (Å²) in [7, 11) is 0. The molecule has 0 spiro atoms. The van der Waals surface area contributed by atoms with E-state index >= 15 is 0 Å². The molecule has 1 aromatic heterocycles. The Morgan fingerprint density at radius 2 is 1.89 bits per heavy atom. The van der Waals surface area contributed by atoms with Crippen LogP contribution < -0.4 is 5.32 Å². The SMILES string of the molecule is CCC(Nc1ccc(-n2nccn2)cc1)C1CC1. The fourth-order valence-electron chi connectivity index (χ4n) is 2.31. The van der Waals surface area contributed by atoms with Gasteiger partial charge in [-0.3, -0.25) is 0 Å². The minimum absolute atomic E-state index is 0.624. The zero-order chi connectivity index (χ0) is 12.4. The summed E-state index contributed by atoms with van der Waals surface area (Å²) in [4.78, 5) is 1.63. The first kappa shape index (κ1) is 11.3. The van der Waals surface area contributed by atoms with Crippen LogP contribution in [0.5, 0.6) is 0 Å². The van der Waals surface area contributed by atoms with Crippen LogP contribution in [0.4, 0.5) is 5.69 Å². The number of nitrogens with zero attached hydrogens (tertiary/aromatic N) is 3. The van der Waals surface area contributed by atoms with Crippen LogP contribution in [0.15, 0.2) is 36.7 Å². The summed E-state index contributed by atoms with van der Waals surface area (Å²) >= 11 is 0. The molecule has 1 aliphatic rings. The Kier molecular flexibility index (Phi) is 3.00. The van der Waals surface area contributed by atoms with Crippen LogP contribution in [-0.4, -0.2) is 21.0 Å². The number of hydrogen-bond acceptors (Lipinski definition) is 3. The van der Waals surface area contributed by atoms with Gasteiger partial charge in [-0.05, 0) is 49.4 Å². The Hall–Kier alpha value is -1.84. The van der Waals surface area contributed by atoms with Crippen molar-refractivity contribution in [3.05, 3.63) is 36.7 Å². The van der Waals surface area contributed by atoms with E-state index in [2.05, 4.69) is 34.6 Å². The summed E-state index contributed by atoms with van der Waals surface area (Å²) in [6, 6.07) is 8.91. The first-order valence-corrected chi connectivity index (χ1v) is 6.60. The molecule has 1 aliphatic carbocycles. The van der Waals surface area contributed by atoms with Gasteiger partial charge in [0.2, 0.25) is 0 Å². The molecule has 2 aromatic rings. The zero-order valence-corrected chi connectivity index (χ0v) is 10.6. The van der Waals surface area contributed by atoms with Crippen LogP contribution in [0.25, 0.3) is 5.69 Å². The first-order valence-electron chi connectivity index (χ1n) is 6.60. The Morgan fingerprint density at radius 3 is 2.44 bits per heavy atom. The maximum atomic E-state index is 4.12. The lowest BCUT2D eigenvalue weighted by Crippen LogP contribution is -2.20. The summed E-state index contributed by atoms with van der Waals surface area (Å²) in [5.41, 5.74) is 2.18. The van der Waals surface area contributed by atoms with Crippen molar-refractivity contribution in [2.45, 2.75) is 32.2 Å². The van der Waals surface area contributed by atoms with Gasteiger partial charge in [0.15, 0.2) is 0 Å². The monoisotopic (exact) mass is 242 g/mol. The summed E-state index contributed by atoms with van der Waals surface area (Å²) < 4.78 is 0. The highest BCUT2D eigenvalue weighted by Crippen LogP contribution is 2.35. The van der Waals surface area contributed by atoms with E-state index in [1.807, 2.05) is 12.1 Å². The number of rotatable bonds is 5. The van der Waals surface area contributed by atoms with Crippen LogP contribution in [0.2, 0.25) is 0 Å². The first-order chi connectivity index (χ1) is 8.86. The molecule has 1 atom stereocenters. The molecule has 1 aromatic carbocycles. The average molecular weight is 242 g/mol. The molecule has 1 unspecified atom stereocenters. The standard InChI is InChI=1S/C14H18N4/c1-2-14(11-3-4-11)17-12-5-7-13(8-6-12)18-15-9-10-16-18/h5-11,14,17H,2-4H2,1H3. The quantitative estimate of drug-likeness (QED) is 0.876. The average Bonchev–Trinajstić information content (AvgIpc) is 3.11. The van der Waals surface area contributed by atoms with E-state index in [-0.39, 0.29) is 0 Å². The third-order valence-corrected chi connectivity index (χ3v) is 3.50. The normalized spacial score (nSPS) is 16.5. The molecule has 18 heavy (non-hydrogen) atoms. The molecule has 0 amide bonds. The highest BCUT2D eigenvalue weighted by Gasteiger charge is 2.29. The zero-order valence-electron chi connectivity index (χ0n) is 10.6.